The van der Waals surface area contributed by atoms with E-state index in [4.69, 9.17) is 11.6 Å². The van der Waals surface area contributed by atoms with E-state index in [1.54, 1.807) is 18.0 Å². The smallest absolute Gasteiger partial charge is 0.236 e. The molecule has 1 amide bonds. The van der Waals surface area contributed by atoms with Gasteiger partial charge in [-0.3, -0.25) is 9.69 Å². The van der Waals surface area contributed by atoms with Gasteiger partial charge in [0.25, 0.3) is 0 Å². The largest absolute Gasteiger partial charge is 0.340 e. The molecule has 0 unspecified atom stereocenters. The Morgan fingerprint density at radius 3 is 2.59 bits per heavy atom. The Labute approximate surface area is 134 Å². The number of benzene rings is 1. The molecule has 0 saturated carbocycles. The lowest BCUT2D eigenvalue weighted by atomic mass is 10.2. The van der Waals surface area contributed by atoms with Crippen LogP contribution in [0, 0.1) is 5.82 Å². The predicted molar refractivity (Wildman–Crippen MR) is 83.0 cm³/mol. The zero-order valence-corrected chi connectivity index (χ0v) is 13.8. The average molecular weight is 349 g/mol. The van der Waals surface area contributed by atoms with Crippen molar-refractivity contribution in [2.75, 3.05) is 38.2 Å². The van der Waals surface area contributed by atoms with Gasteiger partial charge in [0.2, 0.25) is 5.91 Å². The summed E-state index contributed by atoms with van der Waals surface area (Å²) in [5, 5.41) is 0.281. The molecule has 0 spiro atoms. The van der Waals surface area contributed by atoms with Crippen LogP contribution in [-0.2, 0) is 21.2 Å². The van der Waals surface area contributed by atoms with Crippen molar-refractivity contribution >= 4 is 27.3 Å². The lowest BCUT2D eigenvalue weighted by Gasteiger charge is -2.28. The van der Waals surface area contributed by atoms with Gasteiger partial charge in [-0.05, 0) is 12.1 Å². The number of carbonyl (C=O) groups is 1. The van der Waals surface area contributed by atoms with E-state index in [0.717, 1.165) is 0 Å². The molecule has 0 aromatic heterocycles. The summed E-state index contributed by atoms with van der Waals surface area (Å²) >= 11 is 5.95. The van der Waals surface area contributed by atoms with Crippen LogP contribution in [0.25, 0.3) is 0 Å². The lowest BCUT2D eigenvalue weighted by molar-refractivity contribution is -0.131. The molecule has 1 aromatic carbocycles. The second-order valence-electron chi connectivity index (χ2n) is 5.38. The lowest BCUT2D eigenvalue weighted by Crippen LogP contribution is -2.45. The first-order valence-electron chi connectivity index (χ1n) is 6.88. The highest BCUT2D eigenvalue weighted by Gasteiger charge is 2.24. The van der Waals surface area contributed by atoms with Crippen molar-refractivity contribution in [3.8, 4) is 0 Å². The minimum absolute atomic E-state index is 0.0726. The van der Waals surface area contributed by atoms with Gasteiger partial charge < -0.3 is 4.90 Å². The molecule has 5 nitrogen and oxygen atoms in total. The highest BCUT2D eigenvalue weighted by atomic mass is 35.5. The fourth-order valence-electron chi connectivity index (χ4n) is 2.23. The van der Waals surface area contributed by atoms with Crippen molar-refractivity contribution in [3.05, 3.63) is 34.6 Å². The summed E-state index contributed by atoms with van der Waals surface area (Å²) in [4.78, 5) is 15.4. The molecule has 122 valence electrons. The normalized spacial score (nSPS) is 18.1. The fourth-order valence-corrected chi connectivity index (χ4v) is 3.73. The molecule has 1 saturated heterocycles. The zero-order valence-electron chi connectivity index (χ0n) is 12.3. The third kappa shape index (κ3) is 4.41. The second-order valence-corrected chi connectivity index (χ2v) is 8.09. The van der Waals surface area contributed by atoms with Crippen molar-refractivity contribution in [2.24, 2.45) is 0 Å². The molecule has 1 aromatic rings. The summed E-state index contributed by atoms with van der Waals surface area (Å²) in [6, 6.07) is 4.39. The quantitative estimate of drug-likeness (QED) is 0.819. The number of sulfone groups is 1. The number of likely N-dealkylation sites (N-methyl/N-ethyl adjacent to an activating group) is 1. The van der Waals surface area contributed by atoms with Crippen LogP contribution in [0.1, 0.15) is 5.56 Å². The van der Waals surface area contributed by atoms with Crippen molar-refractivity contribution in [3.63, 3.8) is 0 Å². The van der Waals surface area contributed by atoms with Gasteiger partial charge in [-0.2, -0.15) is 0 Å². The Kier molecular flexibility index (Phi) is 5.41. The number of rotatable bonds is 4. The molecule has 2 rings (SSSR count). The van der Waals surface area contributed by atoms with Gasteiger partial charge in [0.05, 0.1) is 18.1 Å². The second kappa shape index (κ2) is 6.93. The van der Waals surface area contributed by atoms with E-state index >= 15 is 0 Å². The molecule has 0 N–H and O–H groups in total. The minimum Gasteiger partial charge on any atom is -0.340 e. The maximum absolute atomic E-state index is 13.7. The van der Waals surface area contributed by atoms with Crippen molar-refractivity contribution < 1.29 is 17.6 Å². The third-order valence-electron chi connectivity index (χ3n) is 3.68. The van der Waals surface area contributed by atoms with E-state index in [9.17, 15) is 17.6 Å². The molecule has 22 heavy (non-hydrogen) atoms. The molecule has 1 aliphatic heterocycles. The Hall–Kier alpha value is -1.18. The number of halogens is 2. The van der Waals surface area contributed by atoms with Gasteiger partial charge in [0.1, 0.15) is 5.82 Å². The van der Waals surface area contributed by atoms with Crippen molar-refractivity contribution in [1.29, 1.82) is 0 Å². The van der Waals surface area contributed by atoms with Crippen LogP contribution in [-0.4, -0.2) is 62.3 Å². The number of carbonyl (C=O) groups excluding carboxylic acids is 1. The van der Waals surface area contributed by atoms with Crippen LogP contribution in [0.2, 0.25) is 5.02 Å². The standard InChI is InChI=1S/C14H18ClFN2O3S/c1-17(9-11-12(15)3-2-4-13(11)16)14(19)10-18-5-7-22(20,21)8-6-18/h2-4H,5-10H2,1H3. The number of hydrogen-bond acceptors (Lipinski definition) is 4. The van der Waals surface area contributed by atoms with Crippen LogP contribution < -0.4 is 0 Å². The SMILES string of the molecule is CN(Cc1c(F)cccc1Cl)C(=O)CN1CCS(=O)(=O)CC1. The van der Waals surface area contributed by atoms with Gasteiger partial charge in [0, 0.05) is 37.3 Å². The Bertz CT molecular complexity index is 632. The minimum atomic E-state index is -2.97. The summed E-state index contributed by atoms with van der Waals surface area (Å²) in [7, 11) is -1.39. The first-order valence-corrected chi connectivity index (χ1v) is 9.08. The molecular formula is C14H18ClFN2O3S. The topological polar surface area (TPSA) is 57.7 Å². The molecule has 1 fully saturated rings. The van der Waals surface area contributed by atoms with E-state index in [2.05, 4.69) is 0 Å². The third-order valence-corrected chi connectivity index (χ3v) is 5.64. The first-order chi connectivity index (χ1) is 10.3. The summed E-state index contributed by atoms with van der Waals surface area (Å²) in [6.07, 6.45) is 0. The molecule has 0 bridgehead atoms. The molecule has 1 heterocycles. The van der Waals surface area contributed by atoms with Crippen molar-refractivity contribution in [1.82, 2.24) is 9.80 Å². The van der Waals surface area contributed by atoms with E-state index in [-0.39, 0.29) is 41.1 Å². The number of amides is 1. The van der Waals surface area contributed by atoms with Gasteiger partial charge >= 0.3 is 0 Å². The van der Waals surface area contributed by atoms with E-state index in [1.165, 1.54) is 17.0 Å². The molecule has 0 atom stereocenters. The molecule has 0 radical (unpaired) electrons. The first kappa shape index (κ1) is 17.2. The van der Waals surface area contributed by atoms with E-state index in [0.29, 0.717) is 13.1 Å². The highest BCUT2D eigenvalue weighted by Crippen LogP contribution is 2.20. The van der Waals surface area contributed by atoms with Gasteiger partial charge in [0.15, 0.2) is 9.84 Å². The van der Waals surface area contributed by atoms with Crippen LogP contribution >= 0.6 is 11.6 Å². The molecule has 0 aliphatic carbocycles. The summed E-state index contributed by atoms with van der Waals surface area (Å²) in [6.45, 7) is 0.902. The molecule has 1 aliphatic rings. The van der Waals surface area contributed by atoms with Crippen LogP contribution in [0.15, 0.2) is 18.2 Å². The number of hydrogen-bond donors (Lipinski definition) is 0. The monoisotopic (exact) mass is 348 g/mol. The zero-order chi connectivity index (χ0) is 16.3. The van der Waals surface area contributed by atoms with E-state index < -0.39 is 15.7 Å². The fraction of sp³-hybridized carbons (Fsp3) is 0.500. The van der Waals surface area contributed by atoms with Gasteiger partial charge in [-0.1, -0.05) is 17.7 Å². The summed E-state index contributed by atoms with van der Waals surface area (Å²) in [5.74, 6) is -0.499. The maximum Gasteiger partial charge on any atom is 0.236 e. The molecular weight excluding hydrogens is 331 g/mol. The summed E-state index contributed by atoms with van der Waals surface area (Å²) < 4.78 is 36.4. The maximum atomic E-state index is 13.7. The van der Waals surface area contributed by atoms with Gasteiger partial charge in [-0.25, -0.2) is 12.8 Å². The van der Waals surface area contributed by atoms with E-state index in [1.807, 2.05) is 0 Å². The predicted octanol–water partition coefficient (Wildman–Crippen LogP) is 1.17. The Morgan fingerprint density at radius 2 is 2.00 bits per heavy atom. The molecule has 8 heteroatoms. The van der Waals surface area contributed by atoms with Crippen LogP contribution in [0.3, 0.4) is 0 Å². The average Bonchev–Trinajstić information content (AvgIpc) is 2.45. The number of nitrogens with zero attached hydrogens (tertiary/aromatic N) is 2. The Balaban J connectivity index is 1.93. The Morgan fingerprint density at radius 1 is 1.36 bits per heavy atom. The van der Waals surface area contributed by atoms with Crippen molar-refractivity contribution in [2.45, 2.75) is 6.54 Å². The highest BCUT2D eigenvalue weighted by molar-refractivity contribution is 7.91. The van der Waals surface area contributed by atoms with Crippen LogP contribution in [0.5, 0.6) is 0 Å². The van der Waals surface area contributed by atoms with Crippen LogP contribution in [0.4, 0.5) is 4.39 Å². The van der Waals surface area contributed by atoms with Gasteiger partial charge in [-0.15, -0.1) is 0 Å². The summed E-state index contributed by atoms with van der Waals surface area (Å²) in [5.41, 5.74) is 0.279.